The molecule has 3 aromatic rings. The number of hydrogen-bond acceptors (Lipinski definition) is 6. The number of nitrogen functional groups attached to an aromatic ring is 3. The average Bonchev–Trinajstić information content (AvgIpc) is 2.79. The van der Waals surface area contributed by atoms with E-state index in [-0.39, 0.29) is 5.82 Å². The van der Waals surface area contributed by atoms with Gasteiger partial charge in [0.1, 0.15) is 22.7 Å². The van der Waals surface area contributed by atoms with Crippen molar-refractivity contribution in [2.75, 3.05) is 17.2 Å². The van der Waals surface area contributed by atoms with E-state index >= 15 is 0 Å². The normalized spacial score (nSPS) is 11.1. The average molecular weight is 290 g/mol. The Bertz CT molecular complexity index is 796. The number of rotatable bonds is 2. The van der Waals surface area contributed by atoms with Gasteiger partial charge in [0.15, 0.2) is 0 Å². The molecule has 2 heterocycles. The highest BCUT2D eigenvalue weighted by Crippen LogP contribution is 2.23. The Morgan fingerprint density at radius 1 is 1.15 bits per heavy atom. The summed E-state index contributed by atoms with van der Waals surface area (Å²) in [6, 6.07) is 7.07. The lowest BCUT2D eigenvalue weighted by Crippen LogP contribution is -2.10. The number of hydrogen-bond donors (Lipinski definition) is 3. The minimum atomic E-state index is 0.203. The molecule has 0 saturated heterocycles. The second-order valence-corrected chi connectivity index (χ2v) is 4.75. The Kier molecular flexibility index (Phi) is 2.83. The van der Waals surface area contributed by atoms with Gasteiger partial charge in [0.2, 0.25) is 0 Å². The Labute approximate surface area is 119 Å². The van der Waals surface area contributed by atoms with E-state index in [2.05, 4.69) is 15.2 Å². The topological polar surface area (TPSA) is 122 Å². The van der Waals surface area contributed by atoms with Crippen molar-refractivity contribution in [1.82, 2.24) is 20.0 Å². The number of halogens is 1. The summed E-state index contributed by atoms with van der Waals surface area (Å²) in [6.07, 6.45) is 0. The molecule has 2 aromatic heterocycles. The number of fused-ring (bicyclic) bond motifs is 1. The highest BCUT2D eigenvalue weighted by atomic mass is 35.5. The molecule has 0 aliphatic carbocycles. The molecule has 0 radical (unpaired) electrons. The maximum atomic E-state index is 6.06. The smallest absolute Gasteiger partial charge is 0.149 e. The summed E-state index contributed by atoms with van der Waals surface area (Å²) in [5.74, 6) is 0.510. The van der Waals surface area contributed by atoms with Crippen molar-refractivity contribution in [3.05, 3.63) is 34.9 Å². The first kappa shape index (κ1) is 12.5. The summed E-state index contributed by atoms with van der Waals surface area (Å²) in [5, 5.41) is 9.21. The molecule has 102 valence electrons. The predicted octanol–water partition coefficient (Wildman–Crippen LogP) is 1.27. The van der Waals surface area contributed by atoms with Gasteiger partial charge in [0, 0.05) is 5.56 Å². The SMILES string of the molecule is Nc1cc(Cn2nc3cccc(Cl)c3n2)c(N)c(N)n1. The Morgan fingerprint density at radius 3 is 2.70 bits per heavy atom. The van der Waals surface area contributed by atoms with Gasteiger partial charge >= 0.3 is 0 Å². The van der Waals surface area contributed by atoms with Gasteiger partial charge in [-0.05, 0) is 18.2 Å². The fourth-order valence-electron chi connectivity index (χ4n) is 1.95. The van der Waals surface area contributed by atoms with Crippen LogP contribution in [0.25, 0.3) is 11.0 Å². The van der Waals surface area contributed by atoms with Crippen LogP contribution in [-0.4, -0.2) is 20.0 Å². The maximum Gasteiger partial charge on any atom is 0.149 e. The molecule has 0 bridgehead atoms. The third kappa shape index (κ3) is 2.08. The van der Waals surface area contributed by atoms with E-state index in [0.29, 0.717) is 39.7 Å². The van der Waals surface area contributed by atoms with Crippen LogP contribution in [0.2, 0.25) is 5.02 Å². The standard InChI is InChI=1S/C12H12ClN7/c13-7-2-1-3-8-11(7)19-20(18-8)5-6-4-9(14)17-12(16)10(6)15/h1-4H,5,15H2,(H4,14,16,17). The molecule has 0 aliphatic rings. The summed E-state index contributed by atoms with van der Waals surface area (Å²) >= 11 is 6.06. The first-order valence-electron chi connectivity index (χ1n) is 5.84. The minimum absolute atomic E-state index is 0.203. The molecule has 3 rings (SSSR count). The van der Waals surface area contributed by atoms with E-state index in [0.717, 1.165) is 0 Å². The van der Waals surface area contributed by atoms with Crippen LogP contribution in [0, 0.1) is 0 Å². The van der Waals surface area contributed by atoms with E-state index in [1.54, 1.807) is 12.1 Å². The van der Waals surface area contributed by atoms with Crippen LogP contribution in [0.5, 0.6) is 0 Å². The molecule has 20 heavy (non-hydrogen) atoms. The van der Waals surface area contributed by atoms with Crippen LogP contribution < -0.4 is 17.2 Å². The summed E-state index contributed by atoms with van der Waals surface area (Å²) < 4.78 is 0. The summed E-state index contributed by atoms with van der Waals surface area (Å²) in [7, 11) is 0. The van der Waals surface area contributed by atoms with Crippen molar-refractivity contribution in [2.45, 2.75) is 6.54 Å². The van der Waals surface area contributed by atoms with Crippen molar-refractivity contribution in [3.63, 3.8) is 0 Å². The highest BCUT2D eigenvalue weighted by Gasteiger charge is 2.10. The molecule has 8 heteroatoms. The van der Waals surface area contributed by atoms with Crippen LogP contribution in [0.4, 0.5) is 17.3 Å². The second kappa shape index (κ2) is 4.53. The van der Waals surface area contributed by atoms with Gasteiger partial charge in [0.25, 0.3) is 0 Å². The molecular weight excluding hydrogens is 278 g/mol. The van der Waals surface area contributed by atoms with Crippen molar-refractivity contribution in [2.24, 2.45) is 0 Å². The molecule has 7 nitrogen and oxygen atoms in total. The minimum Gasteiger partial charge on any atom is -0.395 e. The molecular formula is C12H12ClN7. The number of nitrogens with two attached hydrogens (primary N) is 3. The summed E-state index contributed by atoms with van der Waals surface area (Å²) in [6.45, 7) is 0.341. The van der Waals surface area contributed by atoms with Crippen molar-refractivity contribution < 1.29 is 0 Å². The fourth-order valence-corrected chi connectivity index (χ4v) is 2.16. The van der Waals surface area contributed by atoms with E-state index in [4.69, 9.17) is 28.8 Å². The van der Waals surface area contributed by atoms with Gasteiger partial charge in [-0.2, -0.15) is 15.0 Å². The van der Waals surface area contributed by atoms with Gasteiger partial charge in [-0.15, -0.1) is 0 Å². The zero-order valence-corrected chi connectivity index (χ0v) is 11.2. The Morgan fingerprint density at radius 2 is 1.95 bits per heavy atom. The van der Waals surface area contributed by atoms with Gasteiger partial charge < -0.3 is 17.2 Å². The quantitative estimate of drug-likeness (QED) is 0.653. The van der Waals surface area contributed by atoms with Crippen molar-refractivity contribution >= 4 is 40.0 Å². The van der Waals surface area contributed by atoms with Crippen molar-refractivity contribution in [3.8, 4) is 0 Å². The van der Waals surface area contributed by atoms with Crippen LogP contribution in [0.15, 0.2) is 24.3 Å². The molecule has 0 aliphatic heterocycles. The fraction of sp³-hybridized carbons (Fsp3) is 0.0833. The van der Waals surface area contributed by atoms with Crippen LogP contribution in [-0.2, 0) is 6.54 Å². The highest BCUT2D eigenvalue weighted by molar-refractivity contribution is 6.34. The van der Waals surface area contributed by atoms with Gasteiger partial charge in [-0.1, -0.05) is 17.7 Å². The molecule has 1 aromatic carbocycles. The van der Waals surface area contributed by atoms with Gasteiger partial charge in [-0.3, -0.25) is 0 Å². The number of anilines is 3. The summed E-state index contributed by atoms with van der Waals surface area (Å²) in [4.78, 5) is 5.39. The Balaban J connectivity index is 2.03. The molecule has 0 saturated carbocycles. The molecule has 0 spiro atoms. The van der Waals surface area contributed by atoms with E-state index in [1.807, 2.05) is 12.1 Å². The first-order valence-corrected chi connectivity index (χ1v) is 6.22. The van der Waals surface area contributed by atoms with E-state index < -0.39 is 0 Å². The zero-order valence-electron chi connectivity index (χ0n) is 10.4. The maximum absolute atomic E-state index is 6.06. The number of pyridine rings is 1. The molecule has 0 atom stereocenters. The first-order chi connectivity index (χ1) is 9.54. The second-order valence-electron chi connectivity index (χ2n) is 4.34. The van der Waals surface area contributed by atoms with E-state index in [9.17, 15) is 0 Å². The number of benzene rings is 1. The Hall–Kier alpha value is -2.54. The zero-order chi connectivity index (χ0) is 14.3. The third-order valence-corrected chi connectivity index (χ3v) is 3.21. The van der Waals surface area contributed by atoms with Crippen LogP contribution >= 0.6 is 11.6 Å². The third-order valence-electron chi connectivity index (χ3n) is 2.91. The largest absolute Gasteiger partial charge is 0.395 e. The van der Waals surface area contributed by atoms with Crippen LogP contribution in [0.3, 0.4) is 0 Å². The molecule has 0 amide bonds. The van der Waals surface area contributed by atoms with Gasteiger partial charge in [0.05, 0.1) is 17.3 Å². The molecule has 6 N–H and O–H groups in total. The summed E-state index contributed by atoms with van der Waals surface area (Å²) in [5.41, 5.74) is 19.7. The molecule has 0 unspecified atom stereocenters. The lowest BCUT2D eigenvalue weighted by atomic mass is 10.2. The van der Waals surface area contributed by atoms with Crippen LogP contribution in [0.1, 0.15) is 5.56 Å². The predicted molar refractivity (Wildman–Crippen MR) is 79.1 cm³/mol. The number of nitrogens with zero attached hydrogens (tertiary/aromatic N) is 4. The number of aromatic nitrogens is 4. The lowest BCUT2D eigenvalue weighted by molar-refractivity contribution is 0.601. The van der Waals surface area contributed by atoms with Crippen molar-refractivity contribution in [1.29, 1.82) is 0 Å². The lowest BCUT2D eigenvalue weighted by Gasteiger charge is -2.08. The van der Waals surface area contributed by atoms with E-state index in [1.165, 1.54) is 4.80 Å². The molecule has 0 fully saturated rings. The van der Waals surface area contributed by atoms with Gasteiger partial charge in [-0.25, -0.2) is 4.98 Å². The monoisotopic (exact) mass is 289 g/mol.